The first-order chi connectivity index (χ1) is 10.5. The molecule has 22 heavy (non-hydrogen) atoms. The van der Waals surface area contributed by atoms with Crippen molar-refractivity contribution in [3.8, 4) is 5.75 Å². The van der Waals surface area contributed by atoms with Crippen LogP contribution < -0.4 is 5.43 Å². The van der Waals surface area contributed by atoms with Gasteiger partial charge in [-0.25, -0.2) is 0 Å². The maximum Gasteiger partial charge on any atom is 0.223 e. The van der Waals surface area contributed by atoms with Gasteiger partial charge in [-0.3, -0.25) is 9.69 Å². The van der Waals surface area contributed by atoms with Crippen molar-refractivity contribution in [2.75, 3.05) is 26.3 Å². The lowest BCUT2D eigenvalue weighted by atomic mass is 10.2. The van der Waals surface area contributed by atoms with Crippen molar-refractivity contribution >= 4 is 0 Å². The maximum absolute atomic E-state index is 11.9. The van der Waals surface area contributed by atoms with E-state index < -0.39 is 0 Å². The van der Waals surface area contributed by atoms with Gasteiger partial charge in [0.1, 0.15) is 0 Å². The fourth-order valence-electron chi connectivity index (χ4n) is 2.57. The monoisotopic (exact) mass is 312 g/mol. The van der Waals surface area contributed by atoms with E-state index in [1.807, 2.05) is 16.4 Å². The molecule has 0 saturated heterocycles. The zero-order valence-corrected chi connectivity index (χ0v) is 13.6. The predicted molar refractivity (Wildman–Crippen MR) is 86.1 cm³/mol. The molecule has 1 rings (SSSR count). The van der Waals surface area contributed by atoms with Crippen molar-refractivity contribution < 1.29 is 15.3 Å². The number of aromatic nitrogens is 1. The third-order valence-electron chi connectivity index (χ3n) is 3.79. The lowest BCUT2D eigenvalue weighted by Crippen LogP contribution is -2.32. The third kappa shape index (κ3) is 5.12. The van der Waals surface area contributed by atoms with Gasteiger partial charge in [0.15, 0.2) is 5.75 Å². The Morgan fingerprint density at radius 2 is 1.82 bits per heavy atom. The molecule has 0 amide bonds. The summed E-state index contributed by atoms with van der Waals surface area (Å²) in [7, 11) is 0. The van der Waals surface area contributed by atoms with Crippen LogP contribution in [0.1, 0.15) is 37.6 Å². The summed E-state index contributed by atoms with van der Waals surface area (Å²) in [6.07, 6.45) is 3.16. The van der Waals surface area contributed by atoms with Gasteiger partial charge in [0.2, 0.25) is 5.43 Å². The Labute approximate surface area is 131 Å². The highest BCUT2D eigenvalue weighted by Gasteiger charge is 2.16. The first kappa shape index (κ1) is 18.7. The molecule has 0 aliphatic heterocycles. The predicted octanol–water partition coefficient (Wildman–Crippen LogP) is 0.839. The Balaban J connectivity index is 3.09. The summed E-state index contributed by atoms with van der Waals surface area (Å²) in [5, 5.41) is 28.4. The lowest BCUT2D eigenvalue weighted by Gasteiger charge is -2.24. The van der Waals surface area contributed by atoms with Crippen molar-refractivity contribution in [3.05, 3.63) is 27.7 Å². The highest BCUT2D eigenvalue weighted by atomic mass is 16.3. The van der Waals surface area contributed by atoms with E-state index >= 15 is 0 Å². The van der Waals surface area contributed by atoms with Crippen LogP contribution in [0.15, 0.2) is 10.9 Å². The summed E-state index contributed by atoms with van der Waals surface area (Å²) in [4.78, 5) is 13.7. The zero-order valence-electron chi connectivity index (χ0n) is 13.6. The molecule has 0 spiro atoms. The molecule has 0 unspecified atom stereocenters. The number of aliphatic hydroxyl groups is 2. The largest absolute Gasteiger partial charge is 0.503 e. The van der Waals surface area contributed by atoms with E-state index in [2.05, 4.69) is 6.92 Å². The molecule has 1 aromatic heterocycles. The molecule has 0 aliphatic rings. The number of pyridine rings is 1. The van der Waals surface area contributed by atoms with Crippen molar-refractivity contribution in [2.24, 2.45) is 0 Å². The minimum Gasteiger partial charge on any atom is -0.503 e. The molecule has 0 saturated carbocycles. The molecule has 0 aromatic carbocycles. The van der Waals surface area contributed by atoms with Crippen LogP contribution in [0, 0.1) is 6.92 Å². The molecule has 0 bridgehead atoms. The number of rotatable bonds is 10. The van der Waals surface area contributed by atoms with Gasteiger partial charge in [0, 0.05) is 37.9 Å². The molecule has 0 fully saturated rings. The summed E-state index contributed by atoms with van der Waals surface area (Å²) >= 11 is 0. The van der Waals surface area contributed by atoms with Crippen molar-refractivity contribution in [1.29, 1.82) is 0 Å². The minimum atomic E-state index is -0.382. The zero-order chi connectivity index (χ0) is 16.5. The van der Waals surface area contributed by atoms with Gasteiger partial charge in [-0.1, -0.05) is 19.8 Å². The van der Waals surface area contributed by atoms with Crippen molar-refractivity contribution in [1.82, 2.24) is 9.47 Å². The standard InChI is InChI=1S/C16H28N2O4/c1-3-4-5-6-18-13(2)11-15(21)16(22)14(18)12-17(7-9-19)8-10-20/h11,19-20,22H,3-10,12H2,1-2H3. The molecular formula is C16H28N2O4. The molecule has 0 atom stereocenters. The van der Waals surface area contributed by atoms with Crippen molar-refractivity contribution in [2.45, 2.75) is 46.2 Å². The lowest BCUT2D eigenvalue weighted by molar-refractivity contribution is 0.151. The number of hydrogen-bond acceptors (Lipinski definition) is 5. The Hall–Kier alpha value is -1.37. The van der Waals surface area contributed by atoms with Crippen LogP contribution in [-0.2, 0) is 13.1 Å². The second kappa shape index (κ2) is 9.61. The van der Waals surface area contributed by atoms with Crippen LogP contribution in [0.4, 0.5) is 0 Å². The van der Waals surface area contributed by atoms with Gasteiger partial charge in [0.05, 0.1) is 18.9 Å². The second-order valence-electron chi connectivity index (χ2n) is 5.53. The van der Waals surface area contributed by atoms with E-state index in [4.69, 9.17) is 10.2 Å². The van der Waals surface area contributed by atoms with Crippen LogP contribution in [0.25, 0.3) is 0 Å². The molecule has 0 radical (unpaired) electrons. The van der Waals surface area contributed by atoms with Crippen LogP contribution in [0.2, 0.25) is 0 Å². The quantitative estimate of drug-likeness (QED) is 0.557. The summed E-state index contributed by atoms with van der Waals surface area (Å²) in [6, 6.07) is 1.45. The van der Waals surface area contributed by atoms with E-state index in [1.54, 1.807) is 0 Å². The highest BCUT2D eigenvalue weighted by Crippen LogP contribution is 2.18. The number of nitrogens with zero attached hydrogens (tertiary/aromatic N) is 2. The maximum atomic E-state index is 11.9. The molecule has 126 valence electrons. The number of hydrogen-bond donors (Lipinski definition) is 3. The molecule has 1 aromatic rings. The third-order valence-corrected chi connectivity index (χ3v) is 3.79. The Morgan fingerprint density at radius 1 is 1.18 bits per heavy atom. The molecule has 6 heteroatoms. The van der Waals surface area contributed by atoms with Gasteiger partial charge in [-0.05, 0) is 13.3 Å². The Morgan fingerprint density at radius 3 is 2.36 bits per heavy atom. The van der Waals surface area contributed by atoms with E-state index in [1.165, 1.54) is 6.07 Å². The van der Waals surface area contributed by atoms with Crippen LogP contribution >= 0.6 is 0 Å². The Kier molecular flexibility index (Phi) is 8.16. The van der Waals surface area contributed by atoms with Crippen LogP contribution in [0.3, 0.4) is 0 Å². The Bertz CT molecular complexity index is 508. The van der Waals surface area contributed by atoms with Gasteiger partial charge in [-0.2, -0.15) is 0 Å². The average Bonchev–Trinajstić information content (AvgIpc) is 2.48. The SMILES string of the molecule is CCCCCn1c(C)cc(=O)c(O)c1CN(CCO)CCO. The van der Waals surface area contributed by atoms with E-state index in [-0.39, 0.29) is 24.4 Å². The van der Waals surface area contributed by atoms with Crippen LogP contribution in [0.5, 0.6) is 5.75 Å². The number of aromatic hydroxyl groups is 1. The van der Waals surface area contributed by atoms with Gasteiger partial charge in [0.25, 0.3) is 0 Å². The molecular weight excluding hydrogens is 284 g/mol. The molecule has 0 aliphatic carbocycles. The summed E-state index contributed by atoms with van der Waals surface area (Å²) in [6.45, 7) is 5.76. The fourth-order valence-corrected chi connectivity index (χ4v) is 2.57. The van der Waals surface area contributed by atoms with Gasteiger partial charge in [-0.15, -0.1) is 0 Å². The van der Waals surface area contributed by atoms with E-state index in [0.717, 1.165) is 31.5 Å². The summed E-state index contributed by atoms with van der Waals surface area (Å²) < 4.78 is 1.97. The van der Waals surface area contributed by atoms with Gasteiger partial charge < -0.3 is 19.9 Å². The smallest absolute Gasteiger partial charge is 0.223 e. The minimum absolute atomic E-state index is 0.0351. The first-order valence-corrected chi connectivity index (χ1v) is 7.91. The average molecular weight is 312 g/mol. The van der Waals surface area contributed by atoms with E-state index in [0.29, 0.717) is 25.3 Å². The van der Waals surface area contributed by atoms with E-state index in [9.17, 15) is 9.90 Å². The second-order valence-corrected chi connectivity index (χ2v) is 5.53. The molecule has 6 nitrogen and oxygen atoms in total. The first-order valence-electron chi connectivity index (χ1n) is 7.91. The number of aryl methyl sites for hydroxylation is 1. The van der Waals surface area contributed by atoms with Gasteiger partial charge >= 0.3 is 0 Å². The highest BCUT2D eigenvalue weighted by molar-refractivity contribution is 5.29. The van der Waals surface area contributed by atoms with Crippen LogP contribution in [-0.4, -0.2) is 51.1 Å². The van der Waals surface area contributed by atoms with Crippen molar-refractivity contribution in [3.63, 3.8) is 0 Å². The number of unbranched alkanes of at least 4 members (excludes halogenated alkanes) is 2. The summed E-state index contributed by atoms with van der Waals surface area (Å²) in [5.74, 6) is -0.233. The summed E-state index contributed by atoms with van der Waals surface area (Å²) in [5.41, 5.74) is 0.997. The number of aliphatic hydroxyl groups excluding tert-OH is 2. The normalized spacial score (nSPS) is 11.3. The molecule has 1 heterocycles. The molecule has 3 N–H and O–H groups in total. The fraction of sp³-hybridized carbons (Fsp3) is 0.688. The topological polar surface area (TPSA) is 85.9 Å².